The molecule has 112 valence electrons. The van der Waals surface area contributed by atoms with E-state index in [1.807, 2.05) is 24.3 Å². The van der Waals surface area contributed by atoms with E-state index in [4.69, 9.17) is 22.2 Å². The molecule has 0 aliphatic rings. The molecule has 0 fully saturated rings. The van der Waals surface area contributed by atoms with Crippen LogP contribution >= 0.6 is 11.6 Å². The number of methoxy groups -OCH3 is 1. The van der Waals surface area contributed by atoms with Gasteiger partial charge in [-0.25, -0.2) is 4.39 Å². The molecule has 3 nitrogen and oxygen atoms in total. The smallest absolute Gasteiger partial charge is 0.141 e. The molecule has 2 rings (SSSR count). The van der Waals surface area contributed by atoms with Crippen LogP contribution < -0.4 is 16.0 Å². The lowest BCUT2D eigenvalue weighted by Crippen LogP contribution is -2.38. The van der Waals surface area contributed by atoms with E-state index >= 15 is 0 Å². The number of hydrogen-bond donors (Lipinski definition) is 2. The highest BCUT2D eigenvalue weighted by Gasteiger charge is 2.11. The quantitative estimate of drug-likeness (QED) is 0.637. The van der Waals surface area contributed by atoms with E-state index in [1.54, 1.807) is 19.2 Å². The maximum absolute atomic E-state index is 13.2. The molecule has 1 unspecified atom stereocenters. The first-order chi connectivity index (χ1) is 10.1. The molecule has 21 heavy (non-hydrogen) atoms. The molecule has 0 aliphatic heterocycles. The molecule has 0 heterocycles. The summed E-state index contributed by atoms with van der Waals surface area (Å²) < 4.78 is 18.4. The van der Waals surface area contributed by atoms with Crippen molar-refractivity contribution in [1.82, 2.24) is 5.43 Å². The number of nitrogens with two attached hydrogens (primary N) is 1. The molecule has 0 saturated heterocycles. The van der Waals surface area contributed by atoms with Crippen LogP contribution in [-0.4, -0.2) is 13.2 Å². The predicted octanol–water partition coefficient (Wildman–Crippen LogP) is 3.10. The maximum atomic E-state index is 13.2. The van der Waals surface area contributed by atoms with Crippen molar-refractivity contribution in [3.8, 4) is 5.75 Å². The Hall–Kier alpha value is -1.62. The fourth-order valence-corrected chi connectivity index (χ4v) is 2.43. The van der Waals surface area contributed by atoms with Gasteiger partial charge < -0.3 is 4.74 Å². The van der Waals surface area contributed by atoms with Gasteiger partial charge in [0, 0.05) is 6.04 Å². The second kappa shape index (κ2) is 7.41. The zero-order valence-corrected chi connectivity index (χ0v) is 12.5. The van der Waals surface area contributed by atoms with Gasteiger partial charge in [0.05, 0.1) is 12.1 Å². The van der Waals surface area contributed by atoms with Gasteiger partial charge in [0.2, 0.25) is 0 Å². The summed E-state index contributed by atoms with van der Waals surface area (Å²) in [7, 11) is 1.64. The van der Waals surface area contributed by atoms with Crippen LogP contribution in [0.25, 0.3) is 0 Å². The van der Waals surface area contributed by atoms with E-state index in [0.29, 0.717) is 6.42 Å². The fourth-order valence-electron chi connectivity index (χ4n) is 2.23. The minimum Gasteiger partial charge on any atom is -0.497 e. The molecule has 0 aromatic heterocycles. The van der Waals surface area contributed by atoms with Crippen molar-refractivity contribution in [2.24, 2.45) is 5.84 Å². The van der Waals surface area contributed by atoms with E-state index < -0.39 is 5.82 Å². The van der Waals surface area contributed by atoms with Crippen LogP contribution in [0, 0.1) is 5.82 Å². The third kappa shape index (κ3) is 4.43. The van der Waals surface area contributed by atoms with E-state index in [9.17, 15) is 4.39 Å². The van der Waals surface area contributed by atoms with Crippen molar-refractivity contribution in [3.05, 3.63) is 64.4 Å². The molecule has 0 spiro atoms. The molecular formula is C16H18ClFN2O. The van der Waals surface area contributed by atoms with Crippen molar-refractivity contribution >= 4 is 11.6 Å². The zero-order valence-electron chi connectivity index (χ0n) is 11.8. The lowest BCUT2D eigenvalue weighted by Gasteiger charge is -2.16. The molecule has 0 bridgehead atoms. The first kappa shape index (κ1) is 15.8. The Labute approximate surface area is 128 Å². The summed E-state index contributed by atoms with van der Waals surface area (Å²) in [4.78, 5) is 0. The zero-order chi connectivity index (χ0) is 15.2. The van der Waals surface area contributed by atoms with Gasteiger partial charge in [0.25, 0.3) is 0 Å². The normalized spacial score (nSPS) is 12.2. The largest absolute Gasteiger partial charge is 0.497 e. The van der Waals surface area contributed by atoms with Crippen molar-refractivity contribution in [1.29, 1.82) is 0 Å². The average molecular weight is 309 g/mol. The van der Waals surface area contributed by atoms with Crippen LogP contribution in [0.1, 0.15) is 11.1 Å². The van der Waals surface area contributed by atoms with E-state index in [1.165, 1.54) is 6.07 Å². The molecule has 0 radical (unpaired) electrons. The summed E-state index contributed by atoms with van der Waals surface area (Å²) in [5.41, 5.74) is 4.85. The second-order valence-corrected chi connectivity index (χ2v) is 5.28. The predicted molar refractivity (Wildman–Crippen MR) is 82.9 cm³/mol. The summed E-state index contributed by atoms with van der Waals surface area (Å²) >= 11 is 5.80. The Balaban J connectivity index is 2.07. The van der Waals surface area contributed by atoms with Crippen LogP contribution in [0.2, 0.25) is 5.02 Å². The minimum absolute atomic E-state index is 0.0265. The third-order valence-corrected chi connectivity index (χ3v) is 3.61. The van der Waals surface area contributed by atoms with Gasteiger partial charge in [-0.3, -0.25) is 11.3 Å². The van der Waals surface area contributed by atoms with Crippen LogP contribution in [0.3, 0.4) is 0 Å². The van der Waals surface area contributed by atoms with Crippen molar-refractivity contribution < 1.29 is 9.13 Å². The van der Waals surface area contributed by atoms with Crippen LogP contribution in [0.4, 0.5) is 4.39 Å². The first-order valence-corrected chi connectivity index (χ1v) is 7.03. The van der Waals surface area contributed by atoms with Gasteiger partial charge in [0.15, 0.2) is 0 Å². The lowest BCUT2D eigenvalue weighted by molar-refractivity contribution is 0.413. The van der Waals surface area contributed by atoms with Gasteiger partial charge in [-0.2, -0.15) is 0 Å². The van der Waals surface area contributed by atoms with E-state index in [-0.39, 0.29) is 11.1 Å². The highest BCUT2D eigenvalue weighted by Crippen LogP contribution is 2.19. The Morgan fingerprint density at radius 3 is 2.52 bits per heavy atom. The number of ether oxygens (including phenoxy) is 1. The Bertz CT molecular complexity index is 607. The van der Waals surface area contributed by atoms with Gasteiger partial charge in [-0.1, -0.05) is 29.8 Å². The molecule has 0 amide bonds. The molecule has 2 aromatic carbocycles. The standard InChI is InChI=1S/C16H18ClFN2O/c1-21-14-4-2-3-11(9-14)7-13(20-19)8-12-5-6-16(18)15(17)10-12/h2-6,9-10,13,20H,7-8,19H2,1H3. The SMILES string of the molecule is COc1cccc(CC(Cc2ccc(F)c(Cl)c2)NN)c1. The van der Waals surface area contributed by atoms with Crippen molar-refractivity contribution in [2.75, 3.05) is 7.11 Å². The van der Waals surface area contributed by atoms with Crippen molar-refractivity contribution in [2.45, 2.75) is 18.9 Å². The fraction of sp³-hybridized carbons (Fsp3) is 0.250. The summed E-state index contributed by atoms with van der Waals surface area (Å²) in [5, 5.41) is 0.129. The highest BCUT2D eigenvalue weighted by molar-refractivity contribution is 6.30. The van der Waals surface area contributed by atoms with Gasteiger partial charge >= 0.3 is 0 Å². The average Bonchev–Trinajstić information content (AvgIpc) is 2.50. The molecule has 0 aliphatic carbocycles. The maximum Gasteiger partial charge on any atom is 0.141 e. The number of halogens is 2. The molecule has 3 N–H and O–H groups in total. The molecule has 5 heteroatoms. The second-order valence-electron chi connectivity index (χ2n) is 4.87. The van der Waals surface area contributed by atoms with Gasteiger partial charge in [-0.05, 0) is 48.2 Å². The molecule has 1 atom stereocenters. The number of benzene rings is 2. The summed E-state index contributed by atoms with van der Waals surface area (Å²) in [6.07, 6.45) is 1.40. The highest BCUT2D eigenvalue weighted by atomic mass is 35.5. The lowest BCUT2D eigenvalue weighted by atomic mass is 9.99. The number of nitrogens with one attached hydrogen (secondary N) is 1. The van der Waals surface area contributed by atoms with Crippen LogP contribution in [0.5, 0.6) is 5.75 Å². The Morgan fingerprint density at radius 1 is 1.19 bits per heavy atom. The summed E-state index contributed by atoms with van der Waals surface area (Å²) in [6.45, 7) is 0. The molecule has 0 saturated carbocycles. The summed E-state index contributed by atoms with van der Waals surface area (Å²) in [5.74, 6) is 6.02. The third-order valence-electron chi connectivity index (χ3n) is 3.32. The summed E-state index contributed by atoms with van der Waals surface area (Å²) in [6, 6.07) is 12.6. The minimum atomic E-state index is -0.412. The van der Waals surface area contributed by atoms with Crippen molar-refractivity contribution in [3.63, 3.8) is 0 Å². The van der Waals surface area contributed by atoms with E-state index in [2.05, 4.69) is 5.43 Å². The topological polar surface area (TPSA) is 47.3 Å². The Kier molecular flexibility index (Phi) is 5.56. The monoisotopic (exact) mass is 308 g/mol. The number of hydrazine groups is 1. The molecular weight excluding hydrogens is 291 g/mol. The van der Waals surface area contributed by atoms with Gasteiger partial charge in [0.1, 0.15) is 11.6 Å². The van der Waals surface area contributed by atoms with E-state index in [0.717, 1.165) is 23.3 Å². The first-order valence-electron chi connectivity index (χ1n) is 6.65. The number of hydrogen-bond acceptors (Lipinski definition) is 3. The molecule has 2 aromatic rings. The van der Waals surface area contributed by atoms with Gasteiger partial charge in [-0.15, -0.1) is 0 Å². The van der Waals surface area contributed by atoms with Crippen LogP contribution in [0.15, 0.2) is 42.5 Å². The Morgan fingerprint density at radius 2 is 1.90 bits per heavy atom. The number of rotatable bonds is 6. The van der Waals surface area contributed by atoms with Crippen LogP contribution in [-0.2, 0) is 12.8 Å².